The second-order valence-corrected chi connectivity index (χ2v) is 4.69. The minimum Gasteiger partial charge on any atom is -0.379 e. The Morgan fingerprint density at radius 3 is 2.81 bits per heavy atom. The van der Waals surface area contributed by atoms with Crippen LogP contribution in [0, 0.1) is 5.41 Å². The molecular formula is C9H9Cl2N3OS. The lowest BCUT2D eigenvalue weighted by molar-refractivity contribution is -0.113. The van der Waals surface area contributed by atoms with E-state index in [-0.39, 0.29) is 16.8 Å². The molecule has 1 amide bonds. The number of hydrogen-bond acceptors (Lipinski definition) is 3. The molecule has 4 N–H and O–H groups in total. The van der Waals surface area contributed by atoms with Crippen LogP contribution in [0.2, 0.25) is 10.0 Å². The Labute approximate surface area is 107 Å². The van der Waals surface area contributed by atoms with E-state index in [9.17, 15) is 4.79 Å². The van der Waals surface area contributed by atoms with Crippen LogP contribution in [-0.2, 0) is 4.79 Å². The largest absolute Gasteiger partial charge is 0.379 e. The first-order valence-corrected chi connectivity index (χ1v) is 5.95. The number of thioether (sulfide) groups is 1. The molecule has 0 spiro atoms. The molecule has 1 aromatic rings. The van der Waals surface area contributed by atoms with Gasteiger partial charge in [0.2, 0.25) is 5.91 Å². The molecule has 7 heteroatoms. The number of benzene rings is 1. The van der Waals surface area contributed by atoms with Crippen molar-refractivity contribution >= 4 is 51.7 Å². The fraction of sp³-hybridized carbons (Fsp3) is 0.111. The normalized spacial score (nSPS) is 9.88. The van der Waals surface area contributed by atoms with E-state index in [1.54, 1.807) is 18.2 Å². The summed E-state index contributed by atoms with van der Waals surface area (Å²) in [6.07, 6.45) is 0. The minimum atomic E-state index is -0.288. The molecule has 1 rings (SSSR count). The molecule has 0 aliphatic carbocycles. The zero-order chi connectivity index (χ0) is 12.1. The molecule has 0 aliphatic heterocycles. The highest BCUT2D eigenvalue weighted by Gasteiger charge is 2.07. The van der Waals surface area contributed by atoms with E-state index >= 15 is 0 Å². The molecule has 0 atom stereocenters. The number of amides is 1. The molecule has 0 fully saturated rings. The van der Waals surface area contributed by atoms with Gasteiger partial charge in [-0.05, 0) is 18.2 Å². The molecule has 4 nitrogen and oxygen atoms in total. The first-order chi connectivity index (χ1) is 7.49. The molecular weight excluding hydrogens is 269 g/mol. The van der Waals surface area contributed by atoms with Crippen LogP contribution in [0.1, 0.15) is 0 Å². The van der Waals surface area contributed by atoms with Gasteiger partial charge in [-0.1, -0.05) is 35.0 Å². The highest BCUT2D eigenvalue weighted by molar-refractivity contribution is 8.14. The third-order valence-corrected chi connectivity index (χ3v) is 2.84. The summed E-state index contributed by atoms with van der Waals surface area (Å²) in [4.78, 5) is 11.4. The van der Waals surface area contributed by atoms with E-state index in [1.165, 1.54) is 0 Å². The first-order valence-electron chi connectivity index (χ1n) is 4.21. The van der Waals surface area contributed by atoms with Gasteiger partial charge in [0.1, 0.15) is 0 Å². The number of rotatable bonds is 3. The van der Waals surface area contributed by atoms with Crippen LogP contribution in [0.3, 0.4) is 0 Å². The molecule has 16 heavy (non-hydrogen) atoms. The Balaban J connectivity index is 2.62. The molecule has 0 heterocycles. The molecule has 0 aliphatic rings. The van der Waals surface area contributed by atoms with Crippen molar-refractivity contribution in [1.29, 1.82) is 5.41 Å². The van der Waals surface area contributed by atoms with Crippen molar-refractivity contribution in [2.45, 2.75) is 0 Å². The van der Waals surface area contributed by atoms with Crippen LogP contribution in [0.15, 0.2) is 18.2 Å². The molecule has 86 valence electrons. The number of amidine groups is 1. The van der Waals surface area contributed by atoms with Crippen molar-refractivity contribution in [1.82, 2.24) is 0 Å². The summed E-state index contributed by atoms with van der Waals surface area (Å²) in [5, 5.41) is 10.3. The van der Waals surface area contributed by atoms with Gasteiger partial charge in [0.05, 0.1) is 16.5 Å². The predicted octanol–water partition coefficient (Wildman–Crippen LogP) is 2.56. The molecule has 0 aromatic heterocycles. The maximum Gasteiger partial charge on any atom is 0.234 e. The number of hydrogen-bond donors (Lipinski definition) is 3. The monoisotopic (exact) mass is 277 g/mol. The second kappa shape index (κ2) is 5.98. The summed E-state index contributed by atoms with van der Waals surface area (Å²) < 4.78 is 0. The van der Waals surface area contributed by atoms with Crippen molar-refractivity contribution in [2.24, 2.45) is 5.73 Å². The van der Waals surface area contributed by atoms with Crippen molar-refractivity contribution in [3.8, 4) is 0 Å². The third-order valence-electron chi connectivity index (χ3n) is 1.56. The van der Waals surface area contributed by atoms with Crippen molar-refractivity contribution in [2.75, 3.05) is 11.1 Å². The van der Waals surface area contributed by atoms with Gasteiger partial charge in [-0.25, -0.2) is 0 Å². The number of anilines is 1. The van der Waals surface area contributed by atoms with Gasteiger partial charge in [-0.2, -0.15) is 0 Å². The minimum absolute atomic E-state index is 0.0676. The molecule has 0 saturated heterocycles. The highest BCUT2D eigenvalue weighted by Crippen LogP contribution is 2.25. The van der Waals surface area contributed by atoms with Crippen molar-refractivity contribution in [3.63, 3.8) is 0 Å². The third kappa shape index (κ3) is 4.30. The number of carbonyl (C=O) groups is 1. The van der Waals surface area contributed by atoms with E-state index in [1.807, 2.05) is 0 Å². The fourth-order valence-corrected chi connectivity index (χ4v) is 1.62. The highest BCUT2D eigenvalue weighted by atomic mass is 35.5. The lowest BCUT2D eigenvalue weighted by atomic mass is 10.3. The smallest absolute Gasteiger partial charge is 0.234 e. The summed E-state index contributed by atoms with van der Waals surface area (Å²) in [5.74, 6) is -0.220. The van der Waals surface area contributed by atoms with E-state index in [2.05, 4.69) is 5.32 Å². The summed E-state index contributed by atoms with van der Waals surface area (Å²) in [6, 6.07) is 4.78. The topological polar surface area (TPSA) is 79.0 Å². The van der Waals surface area contributed by atoms with Crippen LogP contribution < -0.4 is 11.1 Å². The van der Waals surface area contributed by atoms with Crippen molar-refractivity contribution < 1.29 is 4.79 Å². The molecule has 0 bridgehead atoms. The average molecular weight is 278 g/mol. The second-order valence-electron chi connectivity index (χ2n) is 2.83. The standard InChI is InChI=1S/C9H9Cl2N3OS/c10-5-1-2-6(11)7(3-5)14-8(15)4-16-9(12)13/h1-3H,4H2,(H3,12,13)(H,14,15). The van der Waals surface area contributed by atoms with Crippen molar-refractivity contribution in [3.05, 3.63) is 28.2 Å². The lowest BCUT2D eigenvalue weighted by Gasteiger charge is -2.06. The van der Waals surface area contributed by atoms with Crippen LogP contribution in [0.5, 0.6) is 0 Å². The zero-order valence-electron chi connectivity index (χ0n) is 8.09. The Hall–Kier alpha value is -0.910. The number of halogens is 2. The zero-order valence-corrected chi connectivity index (χ0v) is 10.4. The van der Waals surface area contributed by atoms with Crippen LogP contribution >= 0.6 is 35.0 Å². The number of nitrogens with two attached hydrogens (primary N) is 1. The van der Waals surface area contributed by atoms with E-state index in [0.29, 0.717) is 15.7 Å². The maximum absolute atomic E-state index is 11.4. The summed E-state index contributed by atoms with van der Waals surface area (Å²) in [5.41, 5.74) is 5.55. The average Bonchev–Trinajstić information content (AvgIpc) is 2.20. The molecule has 0 radical (unpaired) electrons. The Kier molecular flexibility index (Phi) is 4.92. The first kappa shape index (κ1) is 13.2. The predicted molar refractivity (Wildman–Crippen MR) is 69.5 cm³/mol. The van der Waals surface area contributed by atoms with Crippen LogP contribution in [-0.4, -0.2) is 16.8 Å². The summed E-state index contributed by atoms with van der Waals surface area (Å²) in [7, 11) is 0. The van der Waals surface area contributed by atoms with Gasteiger partial charge in [0.25, 0.3) is 0 Å². The Bertz CT molecular complexity index is 425. The maximum atomic E-state index is 11.4. The SMILES string of the molecule is N=C(N)SCC(=O)Nc1cc(Cl)ccc1Cl. The van der Waals surface area contributed by atoms with E-state index < -0.39 is 0 Å². The van der Waals surface area contributed by atoms with Crippen LogP contribution in [0.25, 0.3) is 0 Å². The number of carbonyl (C=O) groups excluding carboxylic acids is 1. The van der Waals surface area contributed by atoms with Crippen LogP contribution in [0.4, 0.5) is 5.69 Å². The van der Waals surface area contributed by atoms with Gasteiger partial charge in [-0.3, -0.25) is 10.2 Å². The summed E-state index contributed by atoms with van der Waals surface area (Å²) in [6.45, 7) is 0. The molecule has 0 unspecified atom stereocenters. The Morgan fingerprint density at radius 2 is 2.19 bits per heavy atom. The fourth-order valence-electron chi connectivity index (χ4n) is 0.923. The van der Waals surface area contributed by atoms with Gasteiger partial charge >= 0.3 is 0 Å². The van der Waals surface area contributed by atoms with Gasteiger partial charge in [0, 0.05) is 5.02 Å². The van der Waals surface area contributed by atoms with E-state index in [4.69, 9.17) is 34.3 Å². The van der Waals surface area contributed by atoms with Gasteiger partial charge in [-0.15, -0.1) is 0 Å². The lowest BCUT2D eigenvalue weighted by Crippen LogP contribution is -2.17. The Morgan fingerprint density at radius 1 is 1.50 bits per heavy atom. The van der Waals surface area contributed by atoms with Gasteiger partial charge in [0.15, 0.2) is 5.17 Å². The number of nitrogens with one attached hydrogen (secondary N) is 2. The van der Waals surface area contributed by atoms with Gasteiger partial charge < -0.3 is 11.1 Å². The molecule has 0 saturated carbocycles. The quantitative estimate of drug-likeness (QED) is 0.587. The summed E-state index contributed by atoms with van der Waals surface area (Å²) >= 11 is 12.6. The van der Waals surface area contributed by atoms with E-state index in [0.717, 1.165) is 11.8 Å². The molecule has 1 aromatic carbocycles.